The predicted octanol–water partition coefficient (Wildman–Crippen LogP) is 4.76. The van der Waals surface area contributed by atoms with Crippen LogP contribution in [0.2, 0.25) is 5.02 Å². The number of nitrogens with zero attached hydrogens (tertiary/aromatic N) is 1. The number of likely N-dealkylation sites (N-methyl/N-ethyl adjacent to an activating group) is 1. The van der Waals surface area contributed by atoms with E-state index in [4.69, 9.17) is 33.3 Å². The van der Waals surface area contributed by atoms with Crippen LogP contribution >= 0.6 is 35.6 Å². The van der Waals surface area contributed by atoms with Crippen LogP contribution in [0.5, 0.6) is 11.5 Å². The van der Waals surface area contributed by atoms with E-state index in [2.05, 4.69) is 0 Å². The van der Waals surface area contributed by atoms with Crippen molar-refractivity contribution in [2.75, 3.05) is 14.2 Å². The SMILES string of the molecule is COc1cc(C=C2SC(=S)N(C)C2=O)cc(Cl)c1OCc1ccccc1. The van der Waals surface area contributed by atoms with Crippen LogP contribution in [0.15, 0.2) is 47.4 Å². The first-order valence-corrected chi connectivity index (χ1v) is 9.35. The molecule has 0 spiro atoms. The molecule has 0 radical (unpaired) electrons. The molecule has 0 aromatic heterocycles. The van der Waals surface area contributed by atoms with Crippen LogP contribution in [0.4, 0.5) is 0 Å². The summed E-state index contributed by atoms with van der Waals surface area (Å²) < 4.78 is 11.8. The van der Waals surface area contributed by atoms with E-state index in [1.54, 1.807) is 32.4 Å². The van der Waals surface area contributed by atoms with Gasteiger partial charge in [-0.3, -0.25) is 9.69 Å². The summed E-state index contributed by atoms with van der Waals surface area (Å²) in [5, 5.41) is 0.415. The second-order valence-corrected chi connectivity index (χ2v) is 7.63. The highest BCUT2D eigenvalue weighted by Gasteiger charge is 2.28. The van der Waals surface area contributed by atoms with Crippen molar-refractivity contribution < 1.29 is 14.3 Å². The Morgan fingerprint density at radius 2 is 2.00 bits per heavy atom. The number of thiocarbonyl (C=S) groups is 1. The second-order valence-electron chi connectivity index (χ2n) is 5.55. The van der Waals surface area contributed by atoms with Gasteiger partial charge in [0.05, 0.1) is 17.0 Å². The average Bonchev–Trinajstić information content (AvgIpc) is 2.88. The number of carbonyl (C=O) groups excluding carboxylic acids is 1. The zero-order valence-electron chi connectivity index (χ0n) is 14.2. The van der Waals surface area contributed by atoms with Gasteiger partial charge < -0.3 is 9.47 Å². The largest absolute Gasteiger partial charge is 0.493 e. The summed E-state index contributed by atoms with van der Waals surface area (Å²) in [5.74, 6) is 0.851. The summed E-state index contributed by atoms with van der Waals surface area (Å²) in [6.07, 6.45) is 1.75. The van der Waals surface area contributed by atoms with E-state index in [0.29, 0.717) is 32.4 Å². The molecule has 1 heterocycles. The molecule has 1 amide bonds. The Hall–Kier alpha value is -2.02. The number of rotatable bonds is 5. The molecule has 4 nitrogen and oxygen atoms in total. The summed E-state index contributed by atoms with van der Waals surface area (Å²) in [6, 6.07) is 13.3. The lowest BCUT2D eigenvalue weighted by atomic mass is 10.1. The topological polar surface area (TPSA) is 38.8 Å². The Labute approximate surface area is 166 Å². The Bertz CT molecular complexity index is 884. The number of halogens is 1. The standard InChI is InChI=1S/C19H16ClNO3S2/c1-21-18(22)16(26-19(21)25)10-13-8-14(20)17(15(9-13)23-2)24-11-12-6-4-3-5-7-12/h3-10H,11H2,1-2H3. The van der Waals surface area contributed by atoms with Crippen LogP contribution in [-0.2, 0) is 11.4 Å². The highest BCUT2D eigenvalue weighted by molar-refractivity contribution is 8.26. The van der Waals surface area contributed by atoms with Crippen molar-refractivity contribution in [3.05, 3.63) is 63.5 Å². The molecule has 7 heteroatoms. The van der Waals surface area contributed by atoms with Gasteiger partial charge in [0.1, 0.15) is 10.9 Å². The molecule has 0 atom stereocenters. The van der Waals surface area contributed by atoms with Crippen LogP contribution < -0.4 is 9.47 Å². The summed E-state index contributed by atoms with van der Waals surface area (Å²) in [7, 11) is 3.21. The number of hydrogen-bond acceptors (Lipinski definition) is 5. The van der Waals surface area contributed by atoms with E-state index in [9.17, 15) is 4.79 Å². The minimum Gasteiger partial charge on any atom is -0.493 e. The molecule has 0 aliphatic carbocycles. The zero-order valence-corrected chi connectivity index (χ0v) is 16.6. The molecule has 0 unspecified atom stereocenters. The van der Waals surface area contributed by atoms with Crippen molar-refractivity contribution in [3.8, 4) is 11.5 Å². The van der Waals surface area contributed by atoms with Crippen molar-refractivity contribution in [2.45, 2.75) is 6.61 Å². The van der Waals surface area contributed by atoms with E-state index < -0.39 is 0 Å². The molecule has 134 valence electrons. The highest BCUT2D eigenvalue weighted by atomic mass is 35.5. The molecule has 1 aliphatic rings. The minimum atomic E-state index is -0.125. The molecule has 1 fully saturated rings. The smallest absolute Gasteiger partial charge is 0.265 e. The maximum Gasteiger partial charge on any atom is 0.265 e. The van der Waals surface area contributed by atoms with Crippen LogP contribution in [0.1, 0.15) is 11.1 Å². The summed E-state index contributed by atoms with van der Waals surface area (Å²) >= 11 is 12.8. The van der Waals surface area contributed by atoms with Crippen LogP contribution in [0, 0.1) is 0 Å². The third kappa shape index (κ3) is 4.03. The van der Waals surface area contributed by atoms with Gasteiger partial charge in [-0.05, 0) is 29.3 Å². The van der Waals surface area contributed by atoms with E-state index >= 15 is 0 Å². The zero-order chi connectivity index (χ0) is 18.7. The first-order chi connectivity index (χ1) is 12.5. The molecule has 0 bridgehead atoms. The van der Waals surface area contributed by atoms with Crippen molar-refractivity contribution in [3.63, 3.8) is 0 Å². The van der Waals surface area contributed by atoms with Crippen LogP contribution in [0.25, 0.3) is 6.08 Å². The molecule has 0 N–H and O–H groups in total. The van der Waals surface area contributed by atoms with Crippen molar-refractivity contribution in [1.29, 1.82) is 0 Å². The third-order valence-electron chi connectivity index (χ3n) is 3.76. The second kappa shape index (κ2) is 8.12. The van der Waals surface area contributed by atoms with Gasteiger partial charge in [0.2, 0.25) is 0 Å². The fourth-order valence-electron chi connectivity index (χ4n) is 2.39. The summed E-state index contributed by atoms with van der Waals surface area (Å²) in [5.41, 5.74) is 1.77. The quantitative estimate of drug-likeness (QED) is 0.529. The summed E-state index contributed by atoms with van der Waals surface area (Å²) in [6.45, 7) is 0.380. The molecule has 0 saturated carbocycles. The van der Waals surface area contributed by atoms with Gasteiger partial charge in [-0.15, -0.1) is 0 Å². The molecule has 2 aromatic carbocycles. The molecular formula is C19H16ClNO3S2. The Kier molecular flexibility index (Phi) is 5.86. The van der Waals surface area contributed by atoms with E-state index in [1.165, 1.54) is 16.7 Å². The number of carbonyl (C=O) groups is 1. The lowest BCUT2D eigenvalue weighted by Crippen LogP contribution is -2.22. The van der Waals surface area contributed by atoms with Gasteiger partial charge in [-0.2, -0.15) is 0 Å². The maximum atomic E-state index is 12.1. The van der Waals surface area contributed by atoms with Gasteiger partial charge in [0, 0.05) is 7.05 Å². The number of benzene rings is 2. The average molecular weight is 406 g/mol. The minimum absolute atomic E-state index is 0.125. The monoisotopic (exact) mass is 405 g/mol. The fourth-order valence-corrected chi connectivity index (χ4v) is 3.84. The fraction of sp³-hybridized carbons (Fsp3) is 0.158. The van der Waals surface area contributed by atoms with Crippen molar-refractivity contribution >= 4 is 51.9 Å². The first-order valence-electron chi connectivity index (χ1n) is 7.75. The van der Waals surface area contributed by atoms with E-state index in [-0.39, 0.29) is 5.91 Å². The first kappa shape index (κ1) is 18.8. The highest BCUT2D eigenvalue weighted by Crippen LogP contribution is 2.39. The number of amides is 1. The third-order valence-corrected chi connectivity index (χ3v) is 5.53. The molecule has 2 aromatic rings. The Morgan fingerprint density at radius 3 is 2.62 bits per heavy atom. The molecule has 26 heavy (non-hydrogen) atoms. The molecule has 1 aliphatic heterocycles. The van der Waals surface area contributed by atoms with Crippen molar-refractivity contribution in [1.82, 2.24) is 4.90 Å². The summed E-state index contributed by atoms with van der Waals surface area (Å²) in [4.78, 5) is 14.1. The molecule has 1 saturated heterocycles. The van der Waals surface area contributed by atoms with Gasteiger partial charge in [-0.25, -0.2) is 0 Å². The maximum absolute atomic E-state index is 12.1. The normalized spacial score (nSPS) is 15.7. The van der Waals surface area contributed by atoms with Crippen LogP contribution in [-0.4, -0.2) is 29.3 Å². The van der Waals surface area contributed by atoms with Crippen molar-refractivity contribution in [2.24, 2.45) is 0 Å². The van der Waals surface area contributed by atoms with Gasteiger partial charge in [0.25, 0.3) is 5.91 Å². The lowest BCUT2D eigenvalue weighted by molar-refractivity contribution is -0.121. The molecular weight excluding hydrogens is 390 g/mol. The van der Waals surface area contributed by atoms with E-state index in [0.717, 1.165) is 11.1 Å². The van der Waals surface area contributed by atoms with Gasteiger partial charge >= 0.3 is 0 Å². The van der Waals surface area contributed by atoms with E-state index in [1.807, 2.05) is 30.3 Å². The predicted molar refractivity (Wildman–Crippen MR) is 110 cm³/mol. The Balaban J connectivity index is 1.86. The number of ether oxygens (including phenoxy) is 2. The number of hydrogen-bond donors (Lipinski definition) is 0. The van der Waals surface area contributed by atoms with Gasteiger partial charge in [0.15, 0.2) is 11.5 Å². The Morgan fingerprint density at radius 1 is 1.27 bits per heavy atom. The van der Waals surface area contributed by atoms with Gasteiger partial charge in [-0.1, -0.05) is 65.9 Å². The number of thioether (sulfide) groups is 1. The van der Waals surface area contributed by atoms with Crippen LogP contribution in [0.3, 0.4) is 0 Å². The lowest BCUT2D eigenvalue weighted by Gasteiger charge is -2.13. The molecule has 3 rings (SSSR count). The number of methoxy groups -OCH3 is 1.